The van der Waals surface area contributed by atoms with E-state index in [1.165, 1.54) is 49.0 Å². The monoisotopic (exact) mass is 772 g/mol. The summed E-state index contributed by atoms with van der Waals surface area (Å²) in [6.07, 6.45) is 3.73. The second-order valence-corrected chi connectivity index (χ2v) is 15.8. The second-order valence-electron chi connectivity index (χ2n) is 15.8. The highest BCUT2D eigenvalue weighted by molar-refractivity contribution is 6.25. The SMILES string of the molecule is c1cc(-c2c3ccccc3c(-c3ccc4cccnc4c3)c3ccccc23)c2oc3cc(-c4c5ccccc5c(-c5ccc6cccnc6c5)c5ccccc45)ccc3c2c#1. The number of pyridine rings is 2. The maximum Gasteiger partial charge on any atom is 0.152 e. The largest absolute Gasteiger partial charge is 0.455 e. The summed E-state index contributed by atoms with van der Waals surface area (Å²) in [6, 6.07) is 72.0. The standard InChI is InChI=1S/C58H32N2O/c1-3-16-43-41(14-1)54(37-26-24-35-12-10-30-59-51(35)32-37)42-15-2-4-17-44(42)56(43)39-28-29-40-49-22-9-23-50(58(49)61-53(40)34-39)57-47-20-7-5-18-45(47)55(46-19-6-8-21-48(46)57)38-27-25-36-13-11-31-60-52(36)33-38/h1-8,10-21,23-34H. The quantitative estimate of drug-likeness (QED) is 0.167. The molecular formula is C58H32N2O. The van der Waals surface area contributed by atoms with Crippen LogP contribution in [0.3, 0.4) is 0 Å². The van der Waals surface area contributed by atoms with Gasteiger partial charge in [-0.3, -0.25) is 9.97 Å². The number of benzene rings is 9. The summed E-state index contributed by atoms with van der Waals surface area (Å²) >= 11 is 0. The lowest BCUT2D eigenvalue weighted by Gasteiger charge is -2.18. The fourth-order valence-corrected chi connectivity index (χ4v) is 9.92. The summed E-state index contributed by atoms with van der Waals surface area (Å²) in [5.41, 5.74) is 12.7. The Morgan fingerprint density at radius 2 is 0.803 bits per heavy atom. The Labute approximate surface area is 350 Å². The Morgan fingerprint density at radius 1 is 0.377 bits per heavy atom. The zero-order valence-electron chi connectivity index (χ0n) is 32.8. The van der Waals surface area contributed by atoms with E-state index in [9.17, 15) is 0 Å². The van der Waals surface area contributed by atoms with E-state index < -0.39 is 0 Å². The summed E-state index contributed by atoms with van der Waals surface area (Å²) < 4.78 is 7.05. The lowest BCUT2D eigenvalue weighted by molar-refractivity contribution is 0.670. The number of fused-ring (bicyclic) bond motifs is 9. The molecule has 0 saturated carbocycles. The summed E-state index contributed by atoms with van der Waals surface area (Å²) in [5.74, 6) is 0. The first-order valence-corrected chi connectivity index (χ1v) is 20.6. The molecule has 13 aromatic rings. The molecule has 3 heterocycles. The summed E-state index contributed by atoms with van der Waals surface area (Å²) in [7, 11) is 0. The van der Waals surface area contributed by atoms with Gasteiger partial charge in [0.1, 0.15) is 5.58 Å². The number of furan rings is 1. The van der Waals surface area contributed by atoms with Crippen LogP contribution in [0, 0.1) is 12.1 Å². The molecule has 0 bridgehead atoms. The minimum atomic E-state index is 0.804. The molecule has 13 rings (SSSR count). The number of nitrogens with zero attached hydrogens (tertiary/aromatic N) is 2. The molecule has 0 aliphatic heterocycles. The Balaban J connectivity index is 1.03. The van der Waals surface area contributed by atoms with Crippen molar-refractivity contribution in [1.82, 2.24) is 9.97 Å². The van der Waals surface area contributed by atoms with Crippen molar-refractivity contribution in [2.45, 2.75) is 0 Å². The molecule has 61 heavy (non-hydrogen) atoms. The van der Waals surface area contributed by atoms with E-state index in [0.717, 1.165) is 82.3 Å². The summed E-state index contributed by atoms with van der Waals surface area (Å²) in [6.45, 7) is 0. The molecule has 280 valence electrons. The predicted molar refractivity (Wildman–Crippen MR) is 254 cm³/mol. The third-order valence-corrected chi connectivity index (χ3v) is 12.6. The highest BCUT2D eigenvalue weighted by atomic mass is 16.3. The highest BCUT2D eigenvalue weighted by Crippen LogP contribution is 2.48. The van der Waals surface area contributed by atoms with Crippen molar-refractivity contribution in [3.05, 3.63) is 207 Å². The maximum atomic E-state index is 7.05. The zero-order valence-corrected chi connectivity index (χ0v) is 32.8. The molecule has 0 amide bonds. The normalized spacial score (nSPS) is 11.8. The average Bonchev–Trinajstić information content (AvgIpc) is 3.70. The van der Waals surface area contributed by atoms with Crippen LogP contribution in [0.5, 0.6) is 0 Å². The molecule has 0 N–H and O–H groups in total. The third kappa shape index (κ3) is 5.07. The van der Waals surface area contributed by atoms with Crippen molar-refractivity contribution in [2.75, 3.05) is 0 Å². The van der Waals surface area contributed by atoms with Gasteiger partial charge in [0.05, 0.1) is 16.4 Å². The predicted octanol–water partition coefficient (Wildman–Crippen LogP) is 15.6. The Kier molecular flexibility index (Phi) is 7.22. The van der Waals surface area contributed by atoms with Crippen molar-refractivity contribution < 1.29 is 4.42 Å². The number of aromatic nitrogens is 2. The maximum absolute atomic E-state index is 7.05. The lowest BCUT2D eigenvalue weighted by Crippen LogP contribution is -1.91. The van der Waals surface area contributed by atoms with E-state index in [1.807, 2.05) is 30.6 Å². The molecule has 10 aromatic carbocycles. The minimum Gasteiger partial charge on any atom is -0.455 e. The molecule has 0 saturated heterocycles. The molecule has 0 aliphatic rings. The molecule has 0 radical (unpaired) electrons. The van der Waals surface area contributed by atoms with Crippen LogP contribution >= 0.6 is 0 Å². The van der Waals surface area contributed by atoms with E-state index in [1.54, 1.807) is 0 Å². The Bertz CT molecular complexity index is 3840. The number of hydrogen-bond donors (Lipinski definition) is 0. The van der Waals surface area contributed by atoms with Gasteiger partial charge in [-0.05, 0) is 113 Å². The topological polar surface area (TPSA) is 38.9 Å². The van der Waals surface area contributed by atoms with E-state index in [0.29, 0.717) is 0 Å². The summed E-state index contributed by atoms with van der Waals surface area (Å²) in [5, 5.41) is 13.6. The second kappa shape index (κ2) is 13.1. The van der Waals surface area contributed by atoms with Crippen LogP contribution in [0.1, 0.15) is 0 Å². The van der Waals surface area contributed by atoms with E-state index in [-0.39, 0.29) is 0 Å². The lowest BCUT2D eigenvalue weighted by atomic mass is 9.85. The minimum absolute atomic E-state index is 0.804. The van der Waals surface area contributed by atoms with Crippen LogP contribution in [0.15, 0.2) is 199 Å². The highest BCUT2D eigenvalue weighted by Gasteiger charge is 2.22. The van der Waals surface area contributed by atoms with Crippen LogP contribution in [0.25, 0.3) is 131 Å². The van der Waals surface area contributed by atoms with Crippen molar-refractivity contribution in [2.24, 2.45) is 0 Å². The third-order valence-electron chi connectivity index (χ3n) is 12.6. The Morgan fingerprint density at radius 3 is 1.28 bits per heavy atom. The van der Waals surface area contributed by atoms with Gasteiger partial charge in [-0.1, -0.05) is 152 Å². The van der Waals surface area contributed by atoms with Crippen LogP contribution in [0.4, 0.5) is 0 Å². The van der Waals surface area contributed by atoms with Crippen LogP contribution in [0.2, 0.25) is 0 Å². The van der Waals surface area contributed by atoms with Crippen molar-refractivity contribution >= 4 is 86.8 Å². The molecular weight excluding hydrogens is 741 g/mol. The van der Waals surface area contributed by atoms with Crippen LogP contribution < -0.4 is 0 Å². The molecule has 0 spiro atoms. The molecule has 0 atom stereocenters. The summed E-state index contributed by atoms with van der Waals surface area (Å²) in [4.78, 5) is 9.41. The molecule has 3 aromatic heterocycles. The number of hydrogen-bond acceptors (Lipinski definition) is 3. The fourth-order valence-electron chi connectivity index (χ4n) is 9.92. The first-order chi connectivity index (χ1) is 30.3. The van der Waals surface area contributed by atoms with E-state index in [4.69, 9.17) is 14.4 Å². The molecule has 0 unspecified atom stereocenters. The van der Waals surface area contributed by atoms with Gasteiger partial charge in [-0.25, -0.2) is 0 Å². The van der Waals surface area contributed by atoms with Crippen molar-refractivity contribution in [3.63, 3.8) is 0 Å². The van der Waals surface area contributed by atoms with Crippen molar-refractivity contribution in [3.8, 4) is 44.5 Å². The van der Waals surface area contributed by atoms with Gasteiger partial charge in [0.15, 0.2) is 5.58 Å². The molecule has 0 fully saturated rings. The number of rotatable bonds is 4. The van der Waals surface area contributed by atoms with Gasteiger partial charge in [-0.15, -0.1) is 0 Å². The zero-order chi connectivity index (χ0) is 40.0. The molecule has 3 nitrogen and oxygen atoms in total. The smallest absolute Gasteiger partial charge is 0.152 e. The van der Waals surface area contributed by atoms with Gasteiger partial charge in [0.2, 0.25) is 0 Å². The van der Waals surface area contributed by atoms with Crippen molar-refractivity contribution in [1.29, 1.82) is 0 Å². The van der Waals surface area contributed by atoms with Gasteiger partial charge >= 0.3 is 0 Å². The Hall–Kier alpha value is -8.32. The van der Waals surface area contributed by atoms with E-state index >= 15 is 0 Å². The first kappa shape index (κ1) is 33.6. The fraction of sp³-hybridized carbons (Fsp3) is 0. The average molecular weight is 773 g/mol. The van der Waals surface area contributed by atoms with Gasteiger partial charge in [0, 0.05) is 45.7 Å². The molecule has 3 heteroatoms. The van der Waals surface area contributed by atoms with Crippen LogP contribution in [-0.4, -0.2) is 9.97 Å². The molecule has 0 aliphatic carbocycles. The van der Waals surface area contributed by atoms with Crippen LogP contribution in [-0.2, 0) is 0 Å². The van der Waals surface area contributed by atoms with E-state index in [2.05, 4.69) is 176 Å². The van der Waals surface area contributed by atoms with Gasteiger partial charge in [-0.2, -0.15) is 0 Å². The first-order valence-electron chi connectivity index (χ1n) is 20.6. The van der Waals surface area contributed by atoms with Gasteiger partial charge in [0.25, 0.3) is 0 Å². The van der Waals surface area contributed by atoms with Gasteiger partial charge < -0.3 is 4.42 Å².